The molecule has 0 aliphatic heterocycles. The predicted molar refractivity (Wildman–Crippen MR) is 49.6 cm³/mol. The van der Waals surface area contributed by atoms with Gasteiger partial charge in [0, 0.05) is 13.2 Å². The van der Waals surface area contributed by atoms with Gasteiger partial charge in [-0.2, -0.15) is 0 Å². The summed E-state index contributed by atoms with van der Waals surface area (Å²) in [5.41, 5.74) is 7.27. The summed E-state index contributed by atoms with van der Waals surface area (Å²) in [7, 11) is 0. The van der Waals surface area contributed by atoms with Crippen LogP contribution >= 0.6 is 0 Å². The van der Waals surface area contributed by atoms with Crippen molar-refractivity contribution in [2.24, 2.45) is 5.73 Å². The van der Waals surface area contributed by atoms with Gasteiger partial charge in [-0.05, 0) is 30.2 Å². The number of hydrogen-bond donors (Lipinski definition) is 1. The number of benzene rings is 1. The summed E-state index contributed by atoms with van der Waals surface area (Å²) in [5, 5.41) is 0. The fourth-order valence-electron chi connectivity index (χ4n) is 1.14. The summed E-state index contributed by atoms with van der Waals surface area (Å²) in [6.07, 6.45) is 0. The lowest BCUT2D eigenvalue weighted by Gasteiger charge is -2.07. The van der Waals surface area contributed by atoms with E-state index in [1.165, 1.54) is 12.1 Å². The van der Waals surface area contributed by atoms with E-state index in [1.807, 2.05) is 6.92 Å². The highest BCUT2D eigenvalue weighted by Gasteiger charge is 2.02. The molecule has 1 aromatic rings. The van der Waals surface area contributed by atoms with E-state index in [-0.39, 0.29) is 5.82 Å². The Kier molecular flexibility index (Phi) is 3.86. The molecule has 0 saturated carbocycles. The molecule has 13 heavy (non-hydrogen) atoms. The van der Waals surface area contributed by atoms with Crippen LogP contribution in [0.2, 0.25) is 0 Å². The summed E-state index contributed by atoms with van der Waals surface area (Å²) >= 11 is 0. The Bertz CT molecular complexity index is 276. The van der Waals surface area contributed by atoms with E-state index in [9.17, 15) is 4.39 Å². The number of ether oxygens (including phenoxy) is 1. The first-order valence-corrected chi connectivity index (χ1v) is 4.33. The minimum absolute atomic E-state index is 0.244. The van der Waals surface area contributed by atoms with Gasteiger partial charge >= 0.3 is 0 Å². The van der Waals surface area contributed by atoms with E-state index in [2.05, 4.69) is 0 Å². The van der Waals surface area contributed by atoms with E-state index in [4.69, 9.17) is 10.5 Å². The number of rotatable bonds is 4. The second-order valence-corrected chi connectivity index (χ2v) is 2.75. The summed E-state index contributed by atoms with van der Waals surface area (Å²) in [4.78, 5) is 0. The first-order valence-electron chi connectivity index (χ1n) is 4.33. The molecule has 2 nitrogen and oxygen atoms in total. The van der Waals surface area contributed by atoms with Gasteiger partial charge in [0.1, 0.15) is 5.82 Å². The molecule has 0 aliphatic rings. The third kappa shape index (κ3) is 2.79. The minimum atomic E-state index is -0.244. The van der Waals surface area contributed by atoms with Crippen LogP contribution in [0.25, 0.3) is 0 Å². The van der Waals surface area contributed by atoms with Gasteiger partial charge in [-0.1, -0.05) is 6.07 Å². The zero-order valence-electron chi connectivity index (χ0n) is 7.72. The highest BCUT2D eigenvalue weighted by Crippen LogP contribution is 2.11. The van der Waals surface area contributed by atoms with Gasteiger partial charge in [0.2, 0.25) is 0 Å². The fourth-order valence-corrected chi connectivity index (χ4v) is 1.14. The summed E-state index contributed by atoms with van der Waals surface area (Å²) in [6, 6.07) is 4.58. The van der Waals surface area contributed by atoms with Crippen molar-refractivity contribution in [3.05, 3.63) is 35.1 Å². The van der Waals surface area contributed by atoms with Gasteiger partial charge in [0.15, 0.2) is 0 Å². The summed E-state index contributed by atoms with van der Waals surface area (Å²) < 4.78 is 18.0. The topological polar surface area (TPSA) is 35.2 Å². The van der Waals surface area contributed by atoms with Crippen molar-refractivity contribution in [1.82, 2.24) is 0 Å². The highest BCUT2D eigenvalue weighted by molar-refractivity contribution is 5.27. The van der Waals surface area contributed by atoms with Crippen molar-refractivity contribution in [3.63, 3.8) is 0 Å². The molecule has 0 unspecified atom stereocenters. The van der Waals surface area contributed by atoms with Gasteiger partial charge in [-0.25, -0.2) is 4.39 Å². The van der Waals surface area contributed by atoms with E-state index >= 15 is 0 Å². The lowest BCUT2D eigenvalue weighted by atomic mass is 10.1. The molecular weight excluding hydrogens is 169 g/mol. The summed E-state index contributed by atoms with van der Waals surface area (Å²) in [5.74, 6) is -0.244. The molecule has 0 radical (unpaired) electrons. The predicted octanol–water partition coefficient (Wildman–Crippen LogP) is 1.82. The van der Waals surface area contributed by atoms with Crippen LogP contribution < -0.4 is 5.73 Å². The first kappa shape index (κ1) is 10.2. The molecule has 0 amide bonds. The van der Waals surface area contributed by atoms with E-state index < -0.39 is 0 Å². The molecule has 0 bridgehead atoms. The number of hydrogen-bond acceptors (Lipinski definition) is 2. The van der Waals surface area contributed by atoms with Gasteiger partial charge in [-0.15, -0.1) is 0 Å². The quantitative estimate of drug-likeness (QED) is 0.772. The van der Waals surface area contributed by atoms with Crippen LogP contribution in [-0.2, 0) is 17.9 Å². The Morgan fingerprint density at radius 3 is 2.77 bits per heavy atom. The zero-order chi connectivity index (χ0) is 9.68. The molecule has 1 aromatic carbocycles. The summed E-state index contributed by atoms with van der Waals surface area (Å²) in [6.45, 7) is 3.38. The Morgan fingerprint density at radius 1 is 1.38 bits per heavy atom. The Labute approximate surface area is 77.5 Å². The van der Waals surface area contributed by atoms with Crippen LogP contribution in [0.5, 0.6) is 0 Å². The average molecular weight is 183 g/mol. The standard InChI is InChI=1S/C10H14FNO/c1-2-13-7-9-5-10(11)4-3-8(9)6-12/h3-5H,2,6-7,12H2,1H3. The van der Waals surface area contributed by atoms with Crippen molar-refractivity contribution in [2.45, 2.75) is 20.1 Å². The molecule has 3 heteroatoms. The second kappa shape index (κ2) is 4.94. The molecule has 1 rings (SSSR count). The van der Waals surface area contributed by atoms with Crippen LogP contribution in [0.3, 0.4) is 0 Å². The normalized spacial score (nSPS) is 10.4. The van der Waals surface area contributed by atoms with E-state index in [0.29, 0.717) is 19.8 Å². The third-order valence-electron chi connectivity index (χ3n) is 1.85. The minimum Gasteiger partial charge on any atom is -0.377 e. The lowest BCUT2D eigenvalue weighted by Crippen LogP contribution is -2.03. The molecule has 0 saturated heterocycles. The molecule has 0 aromatic heterocycles. The largest absolute Gasteiger partial charge is 0.377 e. The maximum atomic E-state index is 12.8. The Balaban J connectivity index is 2.81. The Hall–Kier alpha value is -0.930. The Morgan fingerprint density at radius 2 is 2.15 bits per heavy atom. The molecule has 0 heterocycles. The van der Waals surface area contributed by atoms with Crippen molar-refractivity contribution in [1.29, 1.82) is 0 Å². The zero-order valence-corrected chi connectivity index (χ0v) is 7.72. The van der Waals surface area contributed by atoms with Crippen molar-refractivity contribution < 1.29 is 9.13 Å². The van der Waals surface area contributed by atoms with Gasteiger partial charge in [0.05, 0.1) is 6.61 Å². The smallest absolute Gasteiger partial charge is 0.123 e. The monoisotopic (exact) mass is 183 g/mol. The third-order valence-corrected chi connectivity index (χ3v) is 1.85. The van der Waals surface area contributed by atoms with Crippen LogP contribution in [0, 0.1) is 5.82 Å². The molecule has 0 spiro atoms. The van der Waals surface area contributed by atoms with Crippen molar-refractivity contribution >= 4 is 0 Å². The molecule has 0 atom stereocenters. The van der Waals surface area contributed by atoms with Crippen molar-refractivity contribution in [3.8, 4) is 0 Å². The highest BCUT2D eigenvalue weighted by atomic mass is 19.1. The van der Waals surface area contributed by atoms with Crippen LogP contribution in [-0.4, -0.2) is 6.61 Å². The van der Waals surface area contributed by atoms with E-state index in [0.717, 1.165) is 11.1 Å². The van der Waals surface area contributed by atoms with Gasteiger partial charge < -0.3 is 10.5 Å². The van der Waals surface area contributed by atoms with Crippen LogP contribution in [0.1, 0.15) is 18.1 Å². The molecule has 0 aliphatic carbocycles. The lowest BCUT2D eigenvalue weighted by molar-refractivity contribution is 0.133. The maximum Gasteiger partial charge on any atom is 0.123 e. The number of halogens is 1. The fraction of sp³-hybridized carbons (Fsp3) is 0.400. The van der Waals surface area contributed by atoms with Crippen LogP contribution in [0.15, 0.2) is 18.2 Å². The average Bonchev–Trinajstić information content (AvgIpc) is 2.15. The van der Waals surface area contributed by atoms with Crippen LogP contribution in [0.4, 0.5) is 4.39 Å². The molecular formula is C10H14FNO. The molecule has 0 fully saturated rings. The van der Waals surface area contributed by atoms with Gasteiger partial charge in [0.25, 0.3) is 0 Å². The number of nitrogens with two attached hydrogens (primary N) is 1. The first-order chi connectivity index (χ1) is 6.27. The van der Waals surface area contributed by atoms with E-state index in [1.54, 1.807) is 6.07 Å². The second-order valence-electron chi connectivity index (χ2n) is 2.75. The van der Waals surface area contributed by atoms with Crippen molar-refractivity contribution in [2.75, 3.05) is 6.61 Å². The SMILES string of the molecule is CCOCc1cc(F)ccc1CN. The molecule has 72 valence electrons. The molecule has 2 N–H and O–H groups in total. The maximum absolute atomic E-state index is 12.8. The van der Waals surface area contributed by atoms with Gasteiger partial charge in [-0.3, -0.25) is 0 Å².